The molecule has 0 saturated heterocycles. The number of hydrogen-bond acceptors (Lipinski definition) is 4. The number of ether oxygens (including phenoxy) is 1. The van der Waals surface area contributed by atoms with Crippen molar-refractivity contribution in [2.75, 3.05) is 0 Å². The van der Waals surface area contributed by atoms with Gasteiger partial charge in [-0.05, 0) is 11.5 Å². The van der Waals surface area contributed by atoms with Gasteiger partial charge < -0.3 is 9.84 Å². The van der Waals surface area contributed by atoms with Crippen LogP contribution >= 0.6 is 0 Å². The number of hydrogen-bond donors (Lipinski definition) is 2. The Morgan fingerprint density at radius 3 is 2.40 bits per heavy atom. The van der Waals surface area contributed by atoms with E-state index in [-0.39, 0.29) is 17.6 Å². The Hall–Kier alpha value is -2.08. The molecule has 1 rings (SSSR count). The van der Waals surface area contributed by atoms with Crippen molar-refractivity contribution < 1.29 is 24.6 Å². The fraction of sp³-hybridized carbons (Fsp3) is 0.429. The molecule has 0 aliphatic rings. The SMILES string of the molecule is CC[C@@H](C)[C@@H](C(=O)O)N(O)C(=O)OCc1ccccc1. The van der Waals surface area contributed by atoms with Crippen LogP contribution < -0.4 is 0 Å². The van der Waals surface area contributed by atoms with Gasteiger partial charge in [0.25, 0.3) is 0 Å². The lowest BCUT2D eigenvalue weighted by Gasteiger charge is -2.26. The summed E-state index contributed by atoms with van der Waals surface area (Å²) >= 11 is 0. The van der Waals surface area contributed by atoms with E-state index in [0.717, 1.165) is 5.56 Å². The van der Waals surface area contributed by atoms with Crippen molar-refractivity contribution in [2.45, 2.75) is 32.9 Å². The number of aliphatic carboxylic acids is 1. The minimum atomic E-state index is -1.32. The van der Waals surface area contributed by atoms with Gasteiger partial charge in [-0.15, -0.1) is 0 Å². The smallest absolute Gasteiger partial charge is 0.434 e. The van der Waals surface area contributed by atoms with Crippen molar-refractivity contribution in [3.63, 3.8) is 0 Å². The highest BCUT2D eigenvalue weighted by Crippen LogP contribution is 2.15. The highest BCUT2D eigenvalue weighted by atomic mass is 16.6. The lowest BCUT2D eigenvalue weighted by Crippen LogP contribution is -2.46. The maximum Gasteiger partial charge on any atom is 0.434 e. The van der Waals surface area contributed by atoms with Gasteiger partial charge in [0, 0.05) is 0 Å². The molecule has 1 aromatic carbocycles. The third-order valence-electron chi connectivity index (χ3n) is 3.09. The van der Waals surface area contributed by atoms with E-state index < -0.39 is 18.1 Å². The first-order valence-corrected chi connectivity index (χ1v) is 6.39. The summed E-state index contributed by atoms with van der Waals surface area (Å²) in [7, 11) is 0. The topological polar surface area (TPSA) is 87.1 Å². The summed E-state index contributed by atoms with van der Waals surface area (Å²) in [5, 5.41) is 18.9. The first kappa shape index (κ1) is 16.0. The molecule has 0 saturated carbocycles. The Balaban J connectivity index is 2.63. The molecule has 0 aromatic heterocycles. The molecule has 0 aliphatic carbocycles. The average Bonchev–Trinajstić information content (AvgIpc) is 2.45. The van der Waals surface area contributed by atoms with Crippen LogP contribution in [0.4, 0.5) is 4.79 Å². The van der Waals surface area contributed by atoms with Crippen molar-refractivity contribution >= 4 is 12.1 Å². The number of rotatable bonds is 6. The predicted octanol–water partition coefficient (Wildman–Crippen LogP) is 2.51. The zero-order valence-electron chi connectivity index (χ0n) is 11.5. The van der Waals surface area contributed by atoms with Crippen LogP contribution in [0.5, 0.6) is 0 Å². The number of carboxylic acid groups (broad SMARTS) is 1. The molecule has 0 fully saturated rings. The van der Waals surface area contributed by atoms with Gasteiger partial charge in [-0.3, -0.25) is 5.21 Å². The van der Waals surface area contributed by atoms with Gasteiger partial charge in [0.2, 0.25) is 0 Å². The van der Waals surface area contributed by atoms with Gasteiger partial charge in [0.05, 0.1) is 0 Å². The summed E-state index contributed by atoms with van der Waals surface area (Å²) in [4.78, 5) is 22.8. The molecule has 0 bridgehead atoms. The Morgan fingerprint density at radius 1 is 1.30 bits per heavy atom. The van der Waals surface area contributed by atoms with Crippen LogP contribution in [0.25, 0.3) is 0 Å². The van der Waals surface area contributed by atoms with Crippen molar-refractivity contribution in [1.82, 2.24) is 5.06 Å². The van der Waals surface area contributed by atoms with E-state index in [9.17, 15) is 14.8 Å². The maximum absolute atomic E-state index is 11.7. The summed E-state index contributed by atoms with van der Waals surface area (Å²) in [6, 6.07) is 7.62. The number of carbonyl (C=O) groups is 2. The summed E-state index contributed by atoms with van der Waals surface area (Å²) in [5.74, 6) is -1.65. The van der Waals surface area contributed by atoms with Gasteiger partial charge in [-0.25, -0.2) is 9.59 Å². The van der Waals surface area contributed by atoms with Crippen LogP contribution in [0.2, 0.25) is 0 Å². The Morgan fingerprint density at radius 2 is 1.90 bits per heavy atom. The fourth-order valence-corrected chi connectivity index (χ4v) is 1.71. The highest BCUT2D eigenvalue weighted by molar-refractivity contribution is 5.79. The summed E-state index contributed by atoms with van der Waals surface area (Å²) < 4.78 is 4.89. The third kappa shape index (κ3) is 4.24. The number of nitrogens with zero attached hydrogens (tertiary/aromatic N) is 1. The van der Waals surface area contributed by atoms with E-state index in [1.807, 2.05) is 6.07 Å². The van der Waals surface area contributed by atoms with Crippen LogP contribution in [0.3, 0.4) is 0 Å². The molecule has 2 atom stereocenters. The molecule has 0 radical (unpaired) electrons. The van der Waals surface area contributed by atoms with Gasteiger partial charge in [0.15, 0.2) is 6.04 Å². The van der Waals surface area contributed by atoms with Crippen LogP contribution in [-0.4, -0.2) is 33.5 Å². The summed E-state index contributed by atoms with van der Waals surface area (Å²) in [6.45, 7) is 3.40. The quantitative estimate of drug-likeness (QED) is 0.618. The van der Waals surface area contributed by atoms with E-state index in [4.69, 9.17) is 9.84 Å². The van der Waals surface area contributed by atoms with Crippen LogP contribution in [0.15, 0.2) is 30.3 Å². The molecule has 6 heteroatoms. The normalized spacial score (nSPS) is 13.3. The molecule has 110 valence electrons. The van der Waals surface area contributed by atoms with E-state index in [1.165, 1.54) is 0 Å². The monoisotopic (exact) mass is 281 g/mol. The Kier molecular flexibility index (Phi) is 5.99. The number of carboxylic acids is 1. The molecule has 0 unspecified atom stereocenters. The Labute approximate surface area is 117 Å². The first-order valence-electron chi connectivity index (χ1n) is 6.39. The number of benzene rings is 1. The van der Waals surface area contributed by atoms with Gasteiger partial charge in [0.1, 0.15) is 6.61 Å². The Bertz CT molecular complexity index is 448. The lowest BCUT2D eigenvalue weighted by atomic mass is 9.99. The van der Waals surface area contributed by atoms with Crippen LogP contribution in [-0.2, 0) is 16.1 Å². The van der Waals surface area contributed by atoms with Gasteiger partial charge >= 0.3 is 12.1 Å². The summed E-state index contributed by atoms with van der Waals surface area (Å²) in [5.41, 5.74) is 0.754. The number of amides is 1. The molecular formula is C14H19NO5. The molecule has 20 heavy (non-hydrogen) atoms. The van der Waals surface area contributed by atoms with E-state index in [2.05, 4.69) is 0 Å². The number of hydroxylamine groups is 2. The average molecular weight is 281 g/mol. The molecule has 0 heterocycles. The maximum atomic E-state index is 11.7. The fourth-order valence-electron chi connectivity index (χ4n) is 1.71. The zero-order chi connectivity index (χ0) is 15.1. The second kappa shape index (κ2) is 7.49. The molecule has 0 aliphatic heterocycles. The number of carbonyl (C=O) groups excluding carboxylic acids is 1. The minimum Gasteiger partial charge on any atom is -0.480 e. The van der Waals surface area contributed by atoms with E-state index >= 15 is 0 Å². The molecule has 1 aromatic rings. The van der Waals surface area contributed by atoms with Crippen LogP contribution in [0, 0.1) is 5.92 Å². The van der Waals surface area contributed by atoms with Crippen LogP contribution in [0.1, 0.15) is 25.8 Å². The van der Waals surface area contributed by atoms with E-state index in [1.54, 1.807) is 38.1 Å². The second-order valence-electron chi connectivity index (χ2n) is 4.55. The predicted molar refractivity (Wildman–Crippen MR) is 71.1 cm³/mol. The standard InChI is InChI=1S/C14H19NO5/c1-3-10(2)12(13(16)17)15(19)14(18)20-9-11-7-5-4-6-8-11/h4-8,10,12,19H,3,9H2,1-2H3,(H,16,17)/t10-,12+/m1/s1. The molecule has 1 amide bonds. The molecule has 0 spiro atoms. The van der Waals surface area contributed by atoms with E-state index in [0.29, 0.717) is 6.42 Å². The molecular weight excluding hydrogens is 262 g/mol. The second-order valence-corrected chi connectivity index (χ2v) is 4.55. The minimum absolute atomic E-state index is 0.0242. The van der Waals surface area contributed by atoms with Gasteiger partial charge in [-0.1, -0.05) is 50.6 Å². The van der Waals surface area contributed by atoms with Gasteiger partial charge in [-0.2, -0.15) is 5.06 Å². The lowest BCUT2D eigenvalue weighted by molar-refractivity contribution is -0.167. The van der Waals surface area contributed by atoms with Crippen molar-refractivity contribution in [1.29, 1.82) is 0 Å². The van der Waals surface area contributed by atoms with Crippen molar-refractivity contribution in [3.05, 3.63) is 35.9 Å². The van der Waals surface area contributed by atoms with Crippen molar-refractivity contribution in [3.8, 4) is 0 Å². The largest absolute Gasteiger partial charge is 0.480 e. The summed E-state index contributed by atoms with van der Waals surface area (Å²) in [6.07, 6.45) is -0.554. The first-order chi connectivity index (χ1) is 9.47. The zero-order valence-corrected chi connectivity index (χ0v) is 11.5. The third-order valence-corrected chi connectivity index (χ3v) is 3.09. The molecule has 2 N–H and O–H groups in total. The highest BCUT2D eigenvalue weighted by Gasteiger charge is 2.34. The molecule has 6 nitrogen and oxygen atoms in total. The van der Waals surface area contributed by atoms with Crippen molar-refractivity contribution in [2.24, 2.45) is 5.92 Å².